The maximum Gasteiger partial charge on any atom is 0.158 e. The summed E-state index contributed by atoms with van der Waals surface area (Å²) in [5.41, 5.74) is 6.26. The van der Waals surface area contributed by atoms with Crippen LogP contribution in [0.5, 0.6) is 0 Å². The minimum absolute atomic E-state index is 0.0106. The molecule has 0 saturated heterocycles. The molecule has 0 aliphatic rings. The predicted octanol–water partition coefficient (Wildman–Crippen LogP) is 1.34. The summed E-state index contributed by atoms with van der Waals surface area (Å²) in [6.07, 6.45) is 1.55. The molecule has 0 amide bonds. The predicted molar refractivity (Wildman–Crippen MR) is 68.0 cm³/mol. The van der Waals surface area contributed by atoms with Crippen molar-refractivity contribution in [3.8, 4) is 0 Å². The van der Waals surface area contributed by atoms with Crippen LogP contribution in [0.2, 0.25) is 5.02 Å². The van der Waals surface area contributed by atoms with Gasteiger partial charge in [0.15, 0.2) is 5.78 Å². The quantitative estimate of drug-likeness (QED) is 0.898. The molecule has 0 radical (unpaired) electrons. The largest absolute Gasteiger partial charge is 0.325 e. The Kier molecular flexibility index (Phi) is 4.24. The van der Waals surface area contributed by atoms with Crippen LogP contribution in [0.1, 0.15) is 11.3 Å². The smallest absolute Gasteiger partial charge is 0.158 e. The van der Waals surface area contributed by atoms with Crippen molar-refractivity contribution >= 4 is 17.4 Å². The van der Waals surface area contributed by atoms with E-state index in [1.165, 1.54) is 16.8 Å². The lowest BCUT2D eigenvalue weighted by Gasteiger charge is -2.04. The number of hydrogen-bond acceptors (Lipinski definition) is 4. The number of ketones is 1. The van der Waals surface area contributed by atoms with E-state index in [-0.39, 0.29) is 35.9 Å². The van der Waals surface area contributed by atoms with E-state index in [9.17, 15) is 9.18 Å². The number of carbonyl (C=O) groups excluding carboxylic acids is 1. The van der Waals surface area contributed by atoms with Gasteiger partial charge in [0.1, 0.15) is 12.4 Å². The molecule has 0 bridgehead atoms. The summed E-state index contributed by atoms with van der Waals surface area (Å²) in [5, 5.41) is 7.53. The van der Waals surface area contributed by atoms with Crippen LogP contribution in [0.25, 0.3) is 0 Å². The number of aromatic nitrogens is 3. The van der Waals surface area contributed by atoms with Crippen LogP contribution in [-0.2, 0) is 24.3 Å². The molecular weight excluding hydrogens is 271 g/mol. The van der Waals surface area contributed by atoms with Gasteiger partial charge in [0.2, 0.25) is 0 Å². The zero-order valence-electron chi connectivity index (χ0n) is 10.0. The average molecular weight is 283 g/mol. The topological polar surface area (TPSA) is 73.8 Å². The van der Waals surface area contributed by atoms with Crippen LogP contribution in [-0.4, -0.2) is 20.8 Å². The van der Waals surface area contributed by atoms with E-state index in [1.807, 2.05) is 0 Å². The maximum atomic E-state index is 13.6. The summed E-state index contributed by atoms with van der Waals surface area (Å²) in [6.45, 7) is 0.288. The highest BCUT2D eigenvalue weighted by atomic mass is 35.5. The van der Waals surface area contributed by atoms with Crippen molar-refractivity contribution in [2.45, 2.75) is 19.5 Å². The Morgan fingerprint density at radius 3 is 2.95 bits per heavy atom. The maximum absolute atomic E-state index is 13.6. The number of rotatable bonds is 5. The van der Waals surface area contributed by atoms with Gasteiger partial charge >= 0.3 is 0 Å². The second-order valence-corrected chi connectivity index (χ2v) is 4.45. The lowest BCUT2D eigenvalue weighted by atomic mass is 10.1. The van der Waals surface area contributed by atoms with E-state index in [0.717, 1.165) is 0 Å². The van der Waals surface area contributed by atoms with Gasteiger partial charge in [-0.3, -0.25) is 4.79 Å². The fourth-order valence-corrected chi connectivity index (χ4v) is 1.84. The highest BCUT2D eigenvalue weighted by Crippen LogP contribution is 2.18. The highest BCUT2D eigenvalue weighted by Gasteiger charge is 2.12. The molecule has 0 spiro atoms. The molecular formula is C12H12ClFN4O. The summed E-state index contributed by atoms with van der Waals surface area (Å²) in [6, 6.07) is 4.58. The molecule has 0 unspecified atom stereocenters. The Morgan fingerprint density at radius 2 is 2.26 bits per heavy atom. The Morgan fingerprint density at radius 1 is 1.47 bits per heavy atom. The summed E-state index contributed by atoms with van der Waals surface area (Å²) in [7, 11) is 0. The van der Waals surface area contributed by atoms with Gasteiger partial charge in [-0.05, 0) is 11.6 Å². The van der Waals surface area contributed by atoms with E-state index in [4.69, 9.17) is 17.3 Å². The molecule has 2 aromatic rings. The molecule has 1 aromatic carbocycles. The van der Waals surface area contributed by atoms with Crippen LogP contribution in [0.3, 0.4) is 0 Å². The summed E-state index contributed by atoms with van der Waals surface area (Å²) in [4.78, 5) is 11.8. The third-order valence-corrected chi connectivity index (χ3v) is 2.84. The van der Waals surface area contributed by atoms with Crippen LogP contribution in [0, 0.1) is 5.82 Å². The molecule has 19 heavy (non-hydrogen) atoms. The minimum Gasteiger partial charge on any atom is -0.325 e. The number of Topliss-reactive ketones (excluding diaryl/α,β-unsaturated/α-hetero) is 1. The van der Waals surface area contributed by atoms with Gasteiger partial charge in [-0.15, -0.1) is 5.10 Å². The minimum atomic E-state index is -0.557. The molecule has 0 aliphatic heterocycles. The van der Waals surface area contributed by atoms with E-state index in [1.54, 1.807) is 12.3 Å². The van der Waals surface area contributed by atoms with Crippen molar-refractivity contribution in [1.29, 1.82) is 0 Å². The number of halogens is 2. The van der Waals surface area contributed by atoms with Gasteiger partial charge < -0.3 is 5.73 Å². The van der Waals surface area contributed by atoms with Crippen molar-refractivity contribution in [1.82, 2.24) is 15.0 Å². The zero-order chi connectivity index (χ0) is 13.8. The molecule has 1 aromatic heterocycles. The SMILES string of the molecule is NCc1cn(CC(=O)Cc2cccc(Cl)c2F)nn1. The normalized spacial score (nSPS) is 10.7. The average Bonchev–Trinajstić information content (AvgIpc) is 2.82. The molecule has 0 fully saturated rings. The second kappa shape index (κ2) is 5.90. The number of hydrogen-bond donors (Lipinski definition) is 1. The number of carbonyl (C=O) groups is 1. The van der Waals surface area contributed by atoms with Gasteiger partial charge in [-0.1, -0.05) is 28.9 Å². The van der Waals surface area contributed by atoms with Crippen molar-refractivity contribution in [2.24, 2.45) is 5.73 Å². The molecule has 0 atom stereocenters. The first-order valence-corrected chi connectivity index (χ1v) is 6.01. The summed E-state index contributed by atoms with van der Waals surface area (Å²) < 4.78 is 15.0. The number of benzene rings is 1. The fourth-order valence-electron chi connectivity index (χ4n) is 1.64. The first kappa shape index (κ1) is 13.6. The Hall–Kier alpha value is -1.79. The first-order chi connectivity index (χ1) is 9.10. The summed E-state index contributed by atoms with van der Waals surface area (Å²) >= 11 is 5.65. The van der Waals surface area contributed by atoms with Gasteiger partial charge in [0.25, 0.3) is 0 Å². The van der Waals surface area contributed by atoms with Gasteiger partial charge in [0, 0.05) is 13.0 Å². The lowest BCUT2D eigenvalue weighted by Crippen LogP contribution is -2.14. The Bertz CT molecular complexity index is 599. The lowest BCUT2D eigenvalue weighted by molar-refractivity contribution is -0.119. The van der Waals surface area contributed by atoms with Crippen molar-refractivity contribution < 1.29 is 9.18 Å². The van der Waals surface area contributed by atoms with E-state index in [2.05, 4.69) is 10.3 Å². The molecule has 2 N–H and O–H groups in total. The molecule has 0 aliphatic carbocycles. The van der Waals surface area contributed by atoms with E-state index < -0.39 is 5.82 Å². The van der Waals surface area contributed by atoms with Crippen molar-refractivity contribution in [3.05, 3.63) is 46.5 Å². The third-order valence-electron chi connectivity index (χ3n) is 2.55. The van der Waals surface area contributed by atoms with Gasteiger partial charge in [-0.2, -0.15) is 0 Å². The van der Waals surface area contributed by atoms with Crippen LogP contribution < -0.4 is 5.73 Å². The van der Waals surface area contributed by atoms with Crippen LogP contribution in [0.4, 0.5) is 4.39 Å². The van der Waals surface area contributed by atoms with Crippen molar-refractivity contribution in [2.75, 3.05) is 0 Å². The number of nitrogens with two attached hydrogens (primary N) is 1. The molecule has 100 valence electrons. The highest BCUT2D eigenvalue weighted by molar-refractivity contribution is 6.30. The fraction of sp³-hybridized carbons (Fsp3) is 0.250. The molecule has 7 heteroatoms. The second-order valence-electron chi connectivity index (χ2n) is 4.04. The Balaban J connectivity index is 2.03. The zero-order valence-corrected chi connectivity index (χ0v) is 10.8. The molecule has 5 nitrogen and oxygen atoms in total. The molecule has 2 rings (SSSR count). The monoisotopic (exact) mass is 282 g/mol. The molecule has 1 heterocycles. The first-order valence-electron chi connectivity index (χ1n) is 5.64. The molecule has 0 saturated carbocycles. The summed E-state index contributed by atoms with van der Waals surface area (Å²) in [5.74, 6) is -0.742. The number of nitrogens with zero attached hydrogens (tertiary/aromatic N) is 3. The standard InChI is InChI=1S/C12H12ClFN4O/c13-11-3-1-2-8(12(11)14)4-10(19)7-18-6-9(5-15)16-17-18/h1-3,6H,4-5,7,15H2. The van der Waals surface area contributed by atoms with Crippen LogP contribution >= 0.6 is 11.6 Å². The van der Waals surface area contributed by atoms with E-state index in [0.29, 0.717) is 5.69 Å². The Labute approximate surface area is 114 Å². The third kappa shape index (κ3) is 3.36. The van der Waals surface area contributed by atoms with E-state index >= 15 is 0 Å². The van der Waals surface area contributed by atoms with Crippen molar-refractivity contribution in [3.63, 3.8) is 0 Å². The van der Waals surface area contributed by atoms with Gasteiger partial charge in [-0.25, -0.2) is 9.07 Å². The van der Waals surface area contributed by atoms with Crippen LogP contribution in [0.15, 0.2) is 24.4 Å². The van der Waals surface area contributed by atoms with Gasteiger partial charge in [0.05, 0.1) is 16.9 Å².